The molecule has 1 saturated heterocycles. The minimum atomic E-state index is 0.0147. The lowest BCUT2D eigenvalue weighted by atomic mass is 10.0. The van der Waals surface area contributed by atoms with Crippen LogP contribution in [0, 0.1) is 0 Å². The van der Waals surface area contributed by atoms with Crippen molar-refractivity contribution in [3.05, 3.63) is 24.3 Å². The SMILES string of the molecule is CC[C@@H]1CCCCN1C(=O)CSc1nc2ccccc2n1CC(=O)NC1CC1. The molecule has 2 aromatic rings. The van der Waals surface area contributed by atoms with E-state index in [-0.39, 0.29) is 18.4 Å². The Morgan fingerprint density at radius 2 is 2.04 bits per heavy atom. The van der Waals surface area contributed by atoms with Crippen LogP contribution in [-0.2, 0) is 16.1 Å². The minimum absolute atomic E-state index is 0.0147. The maximum absolute atomic E-state index is 12.8. The summed E-state index contributed by atoms with van der Waals surface area (Å²) in [7, 11) is 0. The highest BCUT2D eigenvalue weighted by atomic mass is 32.2. The van der Waals surface area contributed by atoms with Gasteiger partial charge in [0, 0.05) is 18.6 Å². The van der Waals surface area contributed by atoms with Gasteiger partial charge in [0.05, 0.1) is 16.8 Å². The standard InChI is InChI=1S/C21H28N4O2S/c1-2-16-7-5-6-12-24(16)20(27)14-28-21-23-17-8-3-4-9-18(17)25(21)13-19(26)22-15-10-11-15/h3-4,8-9,15-16H,2,5-7,10-14H2,1H3,(H,22,26)/t16-/m1/s1. The zero-order valence-electron chi connectivity index (χ0n) is 16.4. The maximum atomic E-state index is 12.8. The van der Waals surface area contributed by atoms with Crippen molar-refractivity contribution in [2.24, 2.45) is 0 Å². The molecule has 1 aliphatic carbocycles. The Hall–Kier alpha value is -2.02. The average molecular weight is 401 g/mol. The van der Waals surface area contributed by atoms with Gasteiger partial charge in [0.15, 0.2) is 5.16 Å². The molecule has 2 heterocycles. The van der Waals surface area contributed by atoms with Crippen molar-refractivity contribution in [1.82, 2.24) is 19.8 Å². The molecule has 2 aliphatic rings. The second kappa shape index (κ2) is 8.55. The van der Waals surface area contributed by atoms with Crippen LogP contribution in [-0.4, -0.2) is 50.6 Å². The van der Waals surface area contributed by atoms with Gasteiger partial charge < -0.3 is 14.8 Å². The Balaban J connectivity index is 1.48. The number of piperidine rings is 1. The number of hydrogen-bond acceptors (Lipinski definition) is 4. The van der Waals surface area contributed by atoms with E-state index in [0.717, 1.165) is 54.8 Å². The fourth-order valence-corrected chi connectivity index (χ4v) is 4.82. The summed E-state index contributed by atoms with van der Waals surface area (Å²) in [5.74, 6) is 0.558. The fourth-order valence-electron chi connectivity index (χ4n) is 3.92. The molecule has 1 aromatic carbocycles. The number of amides is 2. The van der Waals surface area contributed by atoms with E-state index in [9.17, 15) is 9.59 Å². The molecule has 7 heteroatoms. The van der Waals surface area contributed by atoms with Crippen molar-refractivity contribution in [2.45, 2.75) is 69.2 Å². The van der Waals surface area contributed by atoms with Gasteiger partial charge in [-0.2, -0.15) is 0 Å². The first-order valence-corrected chi connectivity index (χ1v) is 11.3. The van der Waals surface area contributed by atoms with Crippen LogP contribution in [0.2, 0.25) is 0 Å². The van der Waals surface area contributed by atoms with Crippen LogP contribution < -0.4 is 5.32 Å². The summed E-state index contributed by atoms with van der Waals surface area (Å²) in [5, 5.41) is 3.78. The third-order valence-corrected chi connectivity index (χ3v) is 6.57. The summed E-state index contributed by atoms with van der Waals surface area (Å²) in [6, 6.07) is 8.54. The van der Waals surface area contributed by atoms with Gasteiger partial charge in [0.25, 0.3) is 0 Å². The summed E-state index contributed by atoms with van der Waals surface area (Å²) >= 11 is 1.44. The van der Waals surface area contributed by atoms with E-state index >= 15 is 0 Å². The first-order chi connectivity index (χ1) is 13.7. The Morgan fingerprint density at radius 1 is 1.21 bits per heavy atom. The highest BCUT2D eigenvalue weighted by molar-refractivity contribution is 7.99. The number of nitrogens with zero attached hydrogens (tertiary/aromatic N) is 3. The molecule has 2 amide bonds. The summed E-state index contributed by atoms with van der Waals surface area (Å²) in [4.78, 5) is 31.9. The number of para-hydroxylation sites is 2. The highest BCUT2D eigenvalue weighted by Crippen LogP contribution is 2.26. The van der Waals surface area contributed by atoms with E-state index in [2.05, 4.69) is 12.2 Å². The van der Waals surface area contributed by atoms with Gasteiger partial charge in [0.2, 0.25) is 11.8 Å². The average Bonchev–Trinajstić information content (AvgIpc) is 3.46. The molecule has 2 fully saturated rings. The second-order valence-corrected chi connectivity index (χ2v) is 8.69. The van der Waals surface area contributed by atoms with Crippen LogP contribution in [0.1, 0.15) is 45.4 Å². The predicted octanol–water partition coefficient (Wildman–Crippen LogP) is 3.20. The van der Waals surface area contributed by atoms with Crippen molar-refractivity contribution in [3.63, 3.8) is 0 Å². The van der Waals surface area contributed by atoms with E-state index in [1.165, 1.54) is 18.2 Å². The first-order valence-electron chi connectivity index (χ1n) is 10.3. The van der Waals surface area contributed by atoms with Crippen molar-refractivity contribution >= 4 is 34.6 Å². The van der Waals surface area contributed by atoms with E-state index in [1.807, 2.05) is 33.7 Å². The van der Waals surface area contributed by atoms with Crippen LogP contribution in [0.15, 0.2) is 29.4 Å². The number of carbonyl (C=O) groups is 2. The van der Waals surface area contributed by atoms with E-state index in [4.69, 9.17) is 4.98 Å². The Bertz CT molecular complexity index is 861. The van der Waals surface area contributed by atoms with Crippen LogP contribution >= 0.6 is 11.8 Å². The number of rotatable bonds is 7. The molecule has 28 heavy (non-hydrogen) atoms. The molecule has 6 nitrogen and oxygen atoms in total. The molecule has 150 valence electrons. The topological polar surface area (TPSA) is 67.2 Å². The number of likely N-dealkylation sites (tertiary alicyclic amines) is 1. The van der Waals surface area contributed by atoms with Gasteiger partial charge >= 0.3 is 0 Å². The van der Waals surface area contributed by atoms with Gasteiger partial charge in [-0.25, -0.2) is 4.98 Å². The lowest BCUT2D eigenvalue weighted by Crippen LogP contribution is -2.44. The Morgan fingerprint density at radius 3 is 2.82 bits per heavy atom. The maximum Gasteiger partial charge on any atom is 0.240 e. The molecule has 0 bridgehead atoms. The normalized spacial score (nSPS) is 19.8. The molecule has 0 unspecified atom stereocenters. The molecule has 1 saturated carbocycles. The summed E-state index contributed by atoms with van der Waals surface area (Å²) in [6.45, 7) is 3.26. The number of fused-ring (bicyclic) bond motifs is 1. The van der Waals surface area contributed by atoms with Crippen LogP contribution in [0.4, 0.5) is 0 Å². The molecule has 1 aromatic heterocycles. The third kappa shape index (κ3) is 4.35. The van der Waals surface area contributed by atoms with Crippen molar-refractivity contribution < 1.29 is 9.59 Å². The van der Waals surface area contributed by atoms with Crippen molar-refractivity contribution in [3.8, 4) is 0 Å². The lowest BCUT2D eigenvalue weighted by molar-refractivity contribution is -0.132. The zero-order chi connectivity index (χ0) is 19.5. The fraction of sp³-hybridized carbons (Fsp3) is 0.571. The number of carbonyl (C=O) groups excluding carboxylic acids is 2. The van der Waals surface area contributed by atoms with Crippen molar-refractivity contribution in [1.29, 1.82) is 0 Å². The lowest BCUT2D eigenvalue weighted by Gasteiger charge is -2.35. The highest BCUT2D eigenvalue weighted by Gasteiger charge is 2.27. The van der Waals surface area contributed by atoms with Crippen LogP contribution in [0.5, 0.6) is 0 Å². The second-order valence-electron chi connectivity index (χ2n) is 7.74. The zero-order valence-corrected chi connectivity index (χ0v) is 17.2. The number of hydrogen-bond donors (Lipinski definition) is 1. The third-order valence-electron chi connectivity index (χ3n) is 5.61. The molecule has 1 atom stereocenters. The molecular formula is C21H28N4O2S. The van der Waals surface area contributed by atoms with Crippen LogP contribution in [0.25, 0.3) is 11.0 Å². The molecule has 1 N–H and O–H groups in total. The van der Waals surface area contributed by atoms with Crippen LogP contribution in [0.3, 0.4) is 0 Å². The molecule has 0 radical (unpaired) electrons. The minimum Gasteiger partial charge on any atom is -0.352 e. The predicted molar refractivity (Wildman–Crippen MR) is 111 cm³/mol. The van der Waals surface area contributed by atoms with Gasteiger partial charge in [0.1, 0.15) is 6.54 Å². The van der Waals surface area contributed by atoms with E-state index < -0.39 is 0 Å². The number of benzene rings is 1. The quantitative estimate of drug-likeness (QED) is 0.725. The molecular weight excluding hydrogens is 372 g/mol. The monoisotopic (exact) mass is 400 g/mol. The number of aromatic nitrogens is 2. The van der Waals surface area contributed by atoms with Gasteiger partial charge in [-0.1, -0.05) is 30.8 Å². The van der Waals surface area contributed by atoms with Gasteiger partial charge in [-0.3, -0.25) is 9.59 Å². The van der Waals surface area contributed by atoms with Gasteiger partial charge in [-0.05, 0) is 50.7 Å². The summed E-state index contributed by atoms with van der Waals surface area (Å²) in [5.41, 5.74) is 1.80. The van der Waals surface area contributed by atoms with E-state index in [1.54, 1.807) is 0 Å². The number of thioether (sulfide) groups is 1. The summed E-state index contributed by atoms with van der Waals surface area (Å²) < 4.78 is 1.94. The molecule has 1 aliphatic heterocycles. The smallest absolute Gasteiger partial charge is 0.240 e. The molecule has 4 rings (SSSR count). The van der Waals surface area contributed by atoms with E-state index in [0.29, 0.717) is 17.8 Å². The number of imidazole rings is 1. The van der Waals surface area contributed by atoms with Crippen molar-refractivity contribution in [2.75, 3.05) is 12.3 Å². The largest absolute Gasteiger partial charge is 0.352 e. The Labute approximate surface area is 170 Å². The summed E-state index contributed by atoms with van der Waals surface area (Å²) in [6.07, 6.45) is 6.55. The number of nitrogens with one attached hydrogen (secondary N) is 1. The molecule has 0 spiro atoms. The first kappa shape index (κ1) is 19.3. The van der Waals surface area contributed by atoms with Gasteiger partial charge in [-0.15, -0.1) is 0 Å². The Kier molecular flexibility index (Phi) is 5.90.